The number of ether oxygens (including phenoxy) is 1. The van der Waals surface area contributed by atoms with Crippen LogP contribution in [0.1, 0.15) is 11.1 Å². The Labute approximate surface area is 151 Å². The van der Waals surface area contributed by atoms with Crippen LogP contribution in [-0.2, 0) is 22.7 Å². The zero-order valence-electron chi connectivity index (χ0n) is 12.9. The minimum atomic E-state index is -4.84. The van der Waals surface area contributed by atoms with Crippen molar-refractivity contribution >= 4 is 31.6 Å². The van der Waals surface area contributed by atoms with Crippen LogP contribution in [0.4, 0.5) is 18.9 Å². The predicted octanol–water partition coefficient (Wildman–Crippen LogP) is 3.74. The fourth-order valence-electron chi connectivity index (χ4n) is 2.13. The number of primary sulfonamides is 1. The van der Waals surface area contributed by atoms with Gasteiger partial charge in [-0.05, 0) is 51.8 Å². The van der Waals surface area contributed by atoms with Crippen LogP contribution in [0.25, 0.3) is 0 Å². The zero-order valence-corrected chi connectivity index (χ0v) is 15.3. The van der Waals surface area contributed by atoms with Crippen molar-refractivity contribution in [1.82, 2.24) is 0 Å². The van der Waals surface area contributed by atoms with Gasteiger partial charge in [0.2, 0.25) is 10.0 Å². The van der Waals surface area contributed by atoms with E-state index in [9.17, 15) is 21.6 Å². The number of rotatable bonds is 5. The van der Waals surface area contributed by atoms with Gasteiger partial charge in [0.05, 0.1) is 22.0 Å². The lowest BCUT2D eigenvalue weighted by Gasteiger charge is -2.14. The number of anilines is 1. The fraction of sp³-hybridized carbons (Fsp3) is 0.200. The normalized spacial score (nSPS) is 12.1. The first kappa shape index (κ1) is 19.5. The molecule has 0 aliphatic rings. The molecular weight excluding hydrogens is 425 g/mol. The third-order valence-electron chi connectivity index (χ3n) is 3.30. The highest BCUT2D eigenvalue weighted by atomic mass is 79.9. The number of nitrogens with two attached hydrogens (primary N) is 1. The number of methoxy groups -OCH3 is 1. The third kappa shape index (κ3) is 4.86. The van der Waals surface area contributed by atoms with Crippen LogP contribution >= 0.6 is 15.9 Å². The van der Waals surface area contributed by atoms with Gasteiger partial charge in [0.15, 0.2) is 0 Å². The fourth-order valence-corrected chi connectivity index (χ4v) is 3.46. The van der Waals surface area contributed by atoms with Gasteiger partial charge in [0.1, 0.15) is 5.75 Å². The van der Waals surface area contributed by atoms with Gasteiger partial charge in [-0.1, -0.05) is 6.07 Å². The lowest BCUT2D eigenvalue weighted by molar-refractivity contribution is -0.139. The molecule has 0 unspecified atom stereocenters. The van der Waals surface area contributed by atoms with E-state index in [4.69, 9.17) is 9.88 Å². The summed E-state index contributed by atoms with van der Waals surface area (Å²) in [7, 11) is -2.96. The van der Waals surface area contributed by atoms with E-state index in [1.807, 2.05) is 0 Å². The average molecular weight is 439 g/mol. The van der Waals surface area contributed by atoms with E-state index < -0.39 is 26.7 Å². The molecule has 2 aromatic carbocycles. The highest BCUT2D eigenvalue weighted by Crippen LogP contribution is 2.35. The van der Waals surface area contributed by atoms with E-state index in [-0.39, 0.29) is 12.2 Å². The van der Waals surface area contributed by atoms with Crippen LogP contribution < -0.4 is 15.2 Å². The molecule has 0 amide bonds. The molecule has 0 aliphatic carbocycles. The van der Waals surface area contributed by atoms with Crippen molar-refractivity contribution in [3.05, 3.63) is 52.0 Å². The average Bonchev–Trinajstić information content (AvgIpc) is 2.51. The number of nitrogens with one attached hydrogen (secondary N) is 1. The minimum Gasteiger partial charge on any atom is -0.496 e. The summed E-state index contributed by atoms with van der Waals surface area (Å²) in [6, 6.07) is 8.01. The summed E-state index contributed by atoms with van der Waals surface area (Å²) >= 11 is 3.32. The second-order valence-corrected chi connectivity index (χ2v) is 7.46. The van der Waals surface area contributed by atoms with Crippen LogP contribution in [-0.4, -0.2) is 15.5 Å². The maximum absolute atomic E-state index is 13.1. The summed E-state index contributed by atoms with van der Waals surface area (Å²) in [5, 5.41) is 7.67. The molecule has 0 aromatic heterocycles. The smallest absolute Gasteiger partial charge is 0.417 e. The molecule has 0 saturated carbocycles. The molecule has 5 nitrogen and oxygen atoms in total. The van der Waals surface area contributed by atoms with Crippen molar-refractivity contribution in [3.8, 4) is 5.75 Å². The summed E-state index contributed by atoms with van der Waals surface area (Å²) < 4.78 is 67.7. The molecular formula is C15H14BrF3N2O3S. The topological polar surface area (TPSA) is 81.4 Å². The van der Waals surface area contributed by atoms with Crippen LogP contribution in [0.5, 0.6) is 5.75 Å². The van der Waals surface area contributed by atoms with Crippen molar-refractivity contribution in [1.29, 1.82) is 0 Å². The van der Waals surface area contributed by atoms with Crippen LogP contribution in [0.15, 0.2) is 45.8 Å². The van der Waals surface area contributed by atoms with Crippen LogP contribution in [0, 0.1) is 0 Å². The highest BCUT2D eigenvalue weighted by molar-refractivity contribution is 9.10. The molecule has 0 fully saturated rings. The molecule has 0 radical (unpaired) electrons. The van der Waals surface area contributed by atoms with Crippen LogP contribution in [0.3, 0.4) is 0 Å². The van der Waals surface area contributed by atoms with E-state index in [0.717, 1.165) is 17.7 Å². The molecule has 0 spiro atoms. The number of alkyl halides is 3. The summed E-state index contributed by atoms with van der Waals surface area (Å²) in [5.74, 6) is 0.626. The zero-order chi connectivity index (χ0) is 18.8. The molecule has 2 aromatic rings. The number of hydrogen-bond donors (Lipinski definition) is 2. The molecule has 2 rings (SSSR count). The van der Waals surface area contributed by atoms with Gasteiger partial charge in [-0.15, -0.1) is 0 Å². The van der Waals surface area contributed by atoms with E-state index in [2.05, 4.69) is 21.2 Å². The first-order chi connectivity index (χ1) is 11.5. The van der Waals surface area contributed by atoms with Gasteiger partial charge in [0, 0.05) is 12.2 Å². The largest absolute Gasteiger partial charge is 0.496 e. The highest BCUT2D eigenvalue weighted by Gasteiger charge is 2.36. The number of benzene rings is 2. The van der Waals surface area contributed by atoms with Crippen molar-refractivity contribution in [2.75, 3.05) is 12.4 Å². The quantitative estimate of drug-likeness (QED) is 0.744. The van der Waals surface area contributed by atoms with Crippen molar-refractivity contribution < 1.29 is 26.3 Å². The molecule has 25 heavy (non-hydrogen) atoms. The summed E-state index contributed by atoms with van der Waals surface area (Å²) in [6.07, 6.45) is -4.84. The van der Waals surface area contributed by atoms with E-state index in [1.165, 1.54) is 13.2 Å². The maximum Gasteiger partial charge on any atom is 0.417 e. The van der Waals surface area contributed by atoms with Gasteiger partial charge in [-0.2, -0.15) is 13.2 Å². The van der Waals surface area contributed by atoms with E-state index in [0.29, 0.717) is 10.2 Å². The summed E-state index contributed by atoms with van der Waals surface area (Å²) in [4.78, 5) is -0.960. The molecule has 0 saturated heterocycles. The lowest BCUT2D eigenvalue weighted by atomic mass is 10.1. The minimum absolute atomic E-state index is 0.117. The number of halogens is 4. The molecule has 3 N–H and O–H groups in total. The first-order valence-electron chi connectivity index (χ1n) is 6.82. The van der Waals surface area contributed by atoms with Crippen molar-refractivity contribution in [2.45, 2.75) is 17.6 Å². The Kier molecular flexibility index (Phi) is 5.65. The SMILES string of the molecule is COc1ccc(CNc2ccc(S(N)(=O)=O)c(C(F)(F)F)c2)cc1Br. The second-order valence-electron chi connectivity index (χ2n) is 5.08. The molecule has 0 atom stereocenters. The van der Waals surface area contributed by atoms with Crippen molar-refractivity contribution in [2.24, 2.45) is 5.14 Å². The Balaban J connectivity index is 2.28. The van der Waals surface area contributed by atoms with Crippen LogP contribution in [0.2, 0.25) is 0 Å². The van der Waals surface area contributed by atoms with E-state index >= 15 is 0 Å². The van der Waals surface area contributed by atoms with E-state index in [1.54, 1.807) is 18.2 Å². The Morgan fingerprint density at radius 3 is 2.40 bits per heavy atom. The summed E-state index contributed by atoms with van der Waals surface area (Å²) in [6.45, 7) is 0.231. The third-order valence-corrected chi connectivity index (χ3v) is 4.89. The Morgan fingerprint density at radius 2 is 1.88 bits per heavy atom. The summed E-state index contributed by atoms with van der Waals surface area (Å²) in [5.41, 5.74) is -0.403. The Hall–Kier alpha value is -1.78. The molecule has 0 heterocycles. The second kappa shape index (κ2) is 7.22. The first-order valence-corrected chi connectivity index (χ1v) is 9.16. The van der Waals surface area contributed by atoms with Gasteiger partial charge in [-0.3, -0.25) is 0 Å². The van der Waals surface area contributed by atoms with Gasteiger partial charge >= 0.3 is 6.18 Å². The standard InChI is InChI=1S/C15H14BrF3N2O3S/c1-24-13-4-2-9(6-12(13)16)8-21-10-3-5-14(25(20,22)23)11(7-10)15(17,18)19/h2-7,21H,8H2,1H3,(H2,20,22,23). The molecule has 136 valence electrons. The monoisotopic (exact) mass is 438 g/mol. The van der Waals surface area contributed by atoms with Gasteiger partial charge < -0.3 is 10.1 Å². The van der Waals surface area contributed by atoms with Gasteiger partial charge in [-0.25, -0.2) is 13.6 Å². The predicted molar refractivity (Wildman–Crippen MR) is 90.8 cm³/mol. The molecule has 10 heteroatoms. The molecule has 0 aliphatic heterocycles. The molecule has 0 bridgehead atoms. The Morgan fingerprint density at radius 1 is 1.20 bits per heavy atom. The van der Waals surface area contributed by atoms with Crippen molar-refractivity contribution in [3.63, 3.8) is 0 Å². The van der Waals surface area contributed by atoms with Gasteiger partial charge in [0.25, 0.3) is 0 Å². The number of hydrogen-bond acceptors (Lipinski definition) is 4. The maximum atomic E-state index is 13.1. The number of sulfonamides is 1. The lowest BCUT2D eigenvalue weighted by Crippen LogP contribution is -2.19. The Bertz CT molecular complexity index is 886.